The minimum absolute atomic E-state index is 0.358. The molecule has 0 radical (unpaired) electrons. The Labute approximate surface area is 329 Å². The summed E-state index contributed by atoms with van der Waals surface area (Å²) in [5, 5.41) is 0. The Morgan fingerprint density at radius 2 is 0.737 bits per heavy atom. The molecule has 0 aliphatic carbocycles. The number of rotatable bonds is 10. The molecule has 0 N–H and O–H groups in total. The quantitative estimate of drug-likeness (QED) is 0.140. The molecule has 0 aliphatic rings. The van der Waals surface area contributed by atoms with Gasteiger partial charge in [0.1, 0.15) is 23.2 Å². The first kappa shape index (κ1) is 35.1. The van der Waals surface area contributed by atoms with Gasteiger partial charge in [0.2, 0.25) is 0 Å². The van der Waals surface area contributed by atoms with Gasteiger partial charge in [0.15, 0.2) is 0 Å². The lowest BCUT2D eigenvalue weighted by Crippen LogP contribution is -2.12. The summed E-state index contributed by atoms with van der Waals surface area (Å²) in [7, 11) is 0. The zero-order chi connectivity index (χ0) is 38.6. The SMILES string of the molecule is Fc1cc(-c2ccc(-c3ccc(N(c4ccc(-c5ccccc5)cc4)c4cccnc4)c(F)c3)o2)ccc1N(c1ccc(-c2ccccc2)cc1)c1cccnc1. The zero-order valence-electron chi connectivity index (χ0n) is 30.6. The third-order valence-electron chi connectivity index (χ3n) is 9.83. The van der Waals surface area contributed by atoms with Crippen LogP contribution in [0.25, 0.3) is 44.9 Å². The van der Waals surface area contributed by atoms with Gasteiger partial charge >= 0.3 is 0 Å². The number of anilines is 6. The number of hydrogen-bond acceptors (Lipinski definition) is 5. The van der Waals surface area contributed by atoms with Crippen LogP contribution in [0, 0.1) is 11.6 Å². The van der Waals surface area contributed by atoms with Crippen LogP contribution in [-0.4, -0.2) is 9.97 Å². The summed E-state index contributed by atoms with van der Waals surface area (Å²) in [5.74, 6) is 0.0272. The van der Waals surface area contributed by atoms with Gasteiger partial charge in [-0.25, -0.2) is 8.78 Å². The van der Waals surface area contributed by atoms with E-state index in [1.807, 2.05) is 131 Å². The summed E-state index contributed by atoms with van der Waals surface area (Å²) < 4.78 is 38.7. The minimum Gasteiger partial charge on any atom is -0.456 e. The highest BCUT2D eigenvalue weighted by Gasteiger charge is 2.21. The molecule has 274 valence electrons. The summed E-state index contributed by atoms with van der Waals surface area (Å²) in [6, 6.07) is 57.2. The summed E-state index contributed by atoms with van der Waals surface area (Å²) >= 11 is 0. The Morgan fingerprint density at radius 1 is 0.351 bits per heavy atom. The number of benzene rings is 6. The molecule has 0 saturated heterocycles. The van der Waals surface area contributed by atoms with Crippen molar-refractivity contribution < 1.29 is 13.2 Å². The number of halogens is 2. The van der Waals surface area contributed by atoms with Crippen LogP contribution in [0.4, 0.5) is 42.9 Å². The molecule has 3 heterocycles. The van der Waals surface area contributed by atoms with Gasteiger partial charge in [-0.1, -0.05) is 84.9 Å². The second-order valence-electron chi connectivity index (χ2n) is 13.4. The Bertz CT molecular complexity index is 2550. The van der Waals surface area contributed by atoms with Crippen LogP contribution in [0.1, 0.15) is 0 Å². The first-order valence-corrected chi connectivity index (χ1v) is 18.5. The van der Waals surface area contributed by atoms with E-state index in [0.717, 1.165) is 33.6 Å². The smallest absolute Gasteiger partial charge is 0.147 e. The van der Waals surface area contributed by atoms with Crippen LogP contribution in [0.5, 0.6) is 0 Å². The number of nitrogens with zero attached hydrogens (tertiary/aromatic N) is 4. The first-order valence-electron chi connectivity index (χ1n) is 18.5. The Balaban J connectivity index is 0.997. The molecular weight excluding hydrogens is 711 g/mol. The standard InChI is InChI=1S/C50H34F2N4O/c51-45-31-39(19-25-47(45)55(43-13-7-29-53-33-43)41-21-15-37(16-22-41)35-9-3-1-4-10-35)49-27-28-50(57-49)40-20-26-48(46(52)32-40)56(44-14-8-30-54-34-44)42-23-17-38(18-24-42)36-11-5-2-6-12-36/h1-34H. The number of furan rings is 1. The van der Waals surface area contributed by atoms with E-state index in [1.54, 1.807) is 49.1 Å². The highest BCUT2D eigenvalue weighted by molar-refractivity contribution is 5.81. The minimum atomic E-state index is -0.441. The fourth-order valence-corrected chi connectivity index (χ4v) is 7.02. The van der Waals surface area contributed by atoms with E-state index in [-0.39, 0.29) is 0 Å². The molecule has 0 fully saturated rings. The predicted octanol–water partition coefficient (Wildman–Crippen LogP) is 14.0. The van der Waals surface area contributed by atoms with Gasteiger partial charge in [-0.3, -0.25) is 9.97 Å². The Morgan fingerprint density at radius 3 is 1.11 bits per heavy atom. The lowest BCUT2D eigenvalue weighted by atomic mass is 10.0. The number of pyridine rings is 2. The average molecular weight is 745 g/mol. The van der Waals surface area contributed by atoms with E-state index in [2.05, 4.69) is 34.2 Å². The maximum Gasteiger partial charge on any atom is 0.147 e. The van der Waals surface area contributed by atoms with Crippen molar-refractivity contribution in [3.05, 3.63) is 218 Å². The van der Waals surface area contributed by atoms with Crippen molar-refractivity contribution in [3.63, 3.8) is 0 Å². The van der Waals surface area contributed by atoms with Gasteiger partial charge in [-0.05, 0) is 119 Å². The van der Waals surface area contributed by atoms with Crippen molar-refractivity contribution in [1.82, 2.24) is 9.97 Å². The largest absolute Gasteiger partial charge is 0.456 e. The first-order chi connectivity index (χ1) is 28.1. The van der Waals surface area contributed by atoms with Crippen molar-refractivity contribution in [2.75, 3.05) is 9.80 Å². The van der Waals surface area contributed by atoms with E-state index in [0.29, 0.717) is 45.4 Å². The van der Waals surface area contributed by atoms with Crippen LogP contribution in [0.2, 0.25) is 0 Å². The summed E-state index contributed by atoms with van der Waals surface area (Å²) in [4.78, 5) is 12.3. The molecule has 57 heavy (non-hydrogen) atoms. The van der Waals surface area contributed by atoms with Gasteiger partial charge in [0.25, 0.3) is 0 Å². The molecule has 0 unspecified atom stereocenters. The molecule has 0 bridgehead atoms. The van der Waals surface area contributed by atoms with Crippen LogP contribution in [-0.2, 0) is 0 Å². The maximum atomic E-state index is 16.2. The monoisotopic (exact) mass is 744 g/mol. The van der Waals surface area contributed by atoms with E-state index >= 15 is 8.78 Å². The maximum absolute atomic E-state index is 16.2. The van der Waals surface area contributed by atoms with Crippen LogP contribution >= 0.6 is 0 Å². The fourth-order valence-electron chi connectivity index (χ4n) is 7.02. The molecule has 0 spiro atoms. The molecule has 0 aliphatic heterocycles. The van der Waals surface area contributed by atoms with Crippen molar-refractivity contribution in [2.45, 2.75) is 0 Å². The number of aromatic nitrogens is 2. The second kappa shape index (κ2) is 15.6. The fraction of sp³-hybridized carbons (Fsp3) is 0. The molecule has 9 aromatic rings. The zero-order valence-corrected chi connectivity index (χ0v) is 30.6. The molecular formula is C50H34F2N4O. The topological polar surface area (TPSA) is 45.4 Å². The number of hydrogen-bond donors (Lipinski definition) is 0. The molecule has 7 heteroatoms. The normalized spacial score (nSPS) is 11.0. The molecule has 9 rings (SSSR count). The molecule has 0 amide bonds. The molecule has 3 aromatic heterocycles. The van der Waals surface area contributed by atoms with Gasteiger partial charge < -0.3 is 14.2 Å². The molecule has 0 saturated carbocycles. The van der Waals surface area contributed by atoms with Crippen molar-refractivity contribution in [3.8, 4) is 44.9 Å². The third-order valence-corrected chi connectivity index (χ3v) is 9.83. The summed E-state index contributed by atoms with van der Waals surface area (Å²) in [6.45, 7) is 0. The Kier molecular flexibility index (Phi) is 9.61. The van der Waals surface area contributed by atoms with Gasteiger partial charge in [-0.2, -0.15) is 0 Å². The molecule has 6 aromatic carbocycles. The van der Waals surface area contributed by atoms with E-state index < -0.39 is 11.6 Å². The lowest BCUT2D eigenvalue weighted by molar-refractivity contribution is 0.591. The van der Waals surface area contributed by atoms with Gasteiger partial charge in [0, 0.05) is 34.9 Å². The third kappa shape index (κ3) is 7.30. The second-order valence-corrected chi connectivity index (χ2v) is 13.4. The van der Waals surface area contributed by atoms with Crippen molar-refractivity contribution in [2.24, 2.45) is 0 Å². The van der Waals surface area contributed by atoms with Crippen LogP contribution in [0.15, 0.2) is 211 Å². The summed E-state index contributed by atoms with van der Waals surface area (Å²) in [6.07, 6.45) is 6.79. The highest BCUT2D eigenvalue weighted by atomic mass is 19.1. The highest BCUT2D eigenvalue weighted by Crippen LogP contribution is 2.41. The van der Waals surface area contributed by atoms with Gasteiger partial charge in [-0.15, -0.1) is 0 Å². The van der Waals surface area contributed by atoms with Crippen molar-refractivity contribution in [1.29, 1.82) is 0 Å². The average Bonchev–Trinajstić information content (AvgIpc) is 3.78. The Hall–Kier alpha value is -7.64. The molecule has 5 nitrogen and oxygen atoms in total. The molecule has 0 atom stereocenters. The predicted molar refractivity (Wildman–Crippen MR) is 225 cm³/mol. The van der Waals surface area contributed by atoms with Crippen LogP contribution in [0.3, 0.4) is 0 Å². The van der Waals surface area contributed by atoms with E-state index in [4.69, 9.17) is 4.42 Å². The van der Waals surface area contributed by atoms with Crippen LogP contribution < -0.4 is 9.80 Å². The van der Waals surface area contributed by atoms with E-state index in [1.165, 1.54) is 12.1 Å². The van der Waals surface area contributed by atoms with Gasteiger partial charge in [0.05, 0.1) is 35.1 Å². The van der Waals surface area contributed by atoms with Crippen molar-refractivity contribution >= 4 is 34.1 Å². The summed E-state index contributed by atoms with van der Waals surface area (Å²) in [5.41, 5.74) is 9.13. The van der Waals surface area contributed by atoms with E-state index in [9.17, 15) is 0 Å². The lowest BCUT2D eigenvalue weighted by Gasteiger charge is -2.26.